The molecule has 0 fully saturated rings. The molecule has 1 aromatic rings. The Kier molecular flexibility index (Phi) is 4.27. The molecule has 3 N–H and O–H groups in total. The van der Waals surface area contributed by atoms with Crippen LogP contribution in [0.3, 0.4) is 0 Å². The molecule has 0 aliphatic heterocycles. The summed E-state index contributed by atoms with van der Waals surface area (Å²) in [5.74, 6) is -3.45. The van der Waals surface area contributed by atoms with Crippen LogP contribution in [0.4, 0.5) is 0 Å². The monoisotopic (exact) mass is 305 g/mol. The number of amides is 1. The normalized spacial score (nSPS) is 11.8. The van der Waals surface area contributed by atoms with E-state index in [0.29, 0.717) is 0 Å². The highest BCUT2D eigenvalue weighted by Gasteiger charge is 2.24. The first-order chi connectivity index (χ1) is 7.91. The molecule has 1 unspecified atom stereocenters. The predicted molar refractivity (Wildman–Crippen MR) is 57.6 cm³/mol. The quantitative estimate of drug-likeness (QED) is 0.737. The molecule has 8 heteroatoms. The van der Waals surface area contributed by atoms with Crippen molar-refractivity contribution in [3.05, 3.63) is 22.6 Å². The van der Waals surface area contributed by atoms with Gasteiger partial charge in [-0.25, -0.2) is 4.79 Å². The van der Waals surface area contributed by atoms with Crippen LogP contribution in [0.1, 0.15) is 16.8 Å². The number of carbonyl (C=O) groups is 3. The first-order valence-corrected chi connectivity index (χ1v) is 5.19. The summed E-state index contributed by atoms with van der Waals surface area (Å²) in [6.07, 6.45) is 0.544. The fraction of sp³-hybridized carbons (Fsp3) is 0.222. The lowest BCUT2D eigenvalue weighted by Crippen LogP contribution is -2.42. The molecule has 0 spiro atoms. The average Bonchev–Trinajstić information content (AvgIpc) is 2.62. The minimum Gasteiger partial charge on any atom is -0.481 e. The summed E-state index contributed by atoms with van der Waals surface area (Å²) in [6, 6.07) is -0.152. The van der Waals surface area contributed by atoms with Crippen molar-refractivity contribution in [2.75, 3.05) is 0 Å². The molecule has 7 nitrogen and oxygen atoms in total. The summed E-state index contributed by atoms with van der Waals surface area (Å²) in [6.45, 7) is 0. The SMILES string of the molecule is O=C(O)CC(NC(=O)c1ccoc1Br)C(=O)O. The minimum absolute atomic E-state index is 0.0987. The Morgan fingerprint density at radius 1 is 1.41 bits per heavy atom. The van der Waals surface area contributed by atoms with E-state index in [1.165, 1.54) is 12.3 Å². The zero-order valence-corrected chi connectivity index (χ0v) is 9.93. The molecule has 1 rings (SSSR count). The van der Waals surface area contributed by atoms with Crippen LogP contribution in [0.2, 0.25) is 0 Å². The highest BCUT2D eigenvalue weighted by molar-refractivity contribution is 9.10. The molecule has 0 aromatic carbocycles. The fourth-order valence-corrected chi connectivity index (χ4v) is 1.49. The largest absolute Gasteiger partial charge is 0.481 e. The van der Waals surface area contributed by atoms with Gasteiger partial charge in [0.1, 0.15) is 6.04 Å². The molecule has 17 heavy (non-hydrogen) atoms. The van der Waals surface area contributed by atoms with E-state index in [-0.39, 0.29) is 10.2 Å². The van der Waals surface area contributed by atoms with E-state index in [1.807, 2.05) is 0 Å². The number of carbonyl (C=O) groups excluding carboxylic acids is 1. The van der Waals surface area contributed by atoms with E-state index in [4.69, 9.17) is 14.6 Å². The molecule has 1 aromatic heterocycles. The van der Waals surface area contributed by atoms with Crippen LogP contribution in [0.25, 0.3) is 0 Å². The van der Waals surface area contributed by atoms with Crippen molar-refractivity contribution >= 4 is 33.8 Å². The fourth-order valence-electron chi connectivity index (χ4n) is 1.07. The Bertz CT molecular complexity index is 454. The van der Waals surface area contributed by atoms with Crippen molar-refractivity contribution in [2.45, 2.75) is 12.5 Å². The Balaban J connectivity index is 2.74. The molecule has 0 aliphatic rings. The molecule has 1 heterocycles. The second kappa shape index (κ2) is 5.48. The molecule has 0 saturated heterocycles. The molecule has 0 aliphatic carbocycles. The first-order valence-electron chi connectivity index (χ1n) is 4.40. The topological polar surface area (TPSA) is 117 Å². The van der Waals surface area contributed by atoms with Gasteiger partial charge in [0.2, 0.25) is 0 Å². The Hall–Kier alpha value is -1.83. The van der Waals surface area contributed by atoms with Gasteiger partial charge in [0.15, 0.2) is 4.67 Å². The number of rotatable bonds is 5. The van der Waals surface area contributed by atoms with Crippen molar-refractivity contribution in [3.63, 3.8) is 0 Å². The average molecular weight is 306 g/mol. The van der Waals surface area contributed by atoms with E-state index >= 15 is 0 Å². The molecule has 0 radical (unpaired) electrons. The van der Waals surface area contributed by atoms with Gasteiger partial charge in [-0.2, -0.15) is 0 Å². The van der Waals surface area contributed by atoms with Gasteiger partial charge >= 0.3 is 11.9 Å². The van der Waals surface area contributed by atoms with Crippen LogP contribution in [-0.4, -0.2) is 34.1 Å². The maximum absolute atomic E-state index is 11.6. The smallest absolute Gasteiger partial charge is 0.326 e. The number of carboxylic acid groups (broad SMARTS) is 2. The van der Waals surface area contributed by atoms with Crippen LogP contribution in [0.15, 0.2) is 21.4 Å². The van der Waals surface area contributed by atoms with Crippen LogP contribution in [0, 0.1) is 0 Å². The molecule has 0 bridgehead atoms. The number of halogens is 1. The number of nitrogens with one attached hydrogen (secondary N) is 1. The lowest BCUT2D eigenvalue weighted by Gasteiger charge is -2.11. The van der Waals surface area contributed by atoms with Gasteiger partial charge in [-0.1, -0.05) is 0 Å². The molecular weight excluding hydrogens is 298 g/mol. The predicted octanol–water partition coefficient (Wildman–Crippen LogP) is 0.700. The molecule has 92 valence electrons. The van der Waals surface area contributed by atoms with Crippen molar-refractivity contribution in [1.29, 1.82) is 0 Å². The zero-order chi connectivity index (χ0) is 13.0. The Labute approximate surface area is 104 Å². The maximum atomic E-state index is 11.6. The minimum atomic E-state index is -1.48. The van der Waals surface area contributed by atoms with Crippen LogP contribution in [-0.2, 0) is 9.59 Å². The van der Waals surface area contributed by atoms with Crippen LogP contribution >= 0.6 is 15.9 Å². The summed E-state index contributed by atoms with van der Waals surface area (Å²) in [5.41, 5.74) is 0.0987. The lowest BCUT2D eigenvalue weighted by atomic mass is 10.2. The van der Waals surface area contributed by atoms with Gasteiger partial charge in [-0.15, -0.1) is 0 Å². The third-order valence-corrected chi connectivity index (χ3v) is 2.46. The lowest BCUT2D eigenvalue weighted by molar-refractivity contribution is -0.145. The van der Waals surface area contributed by atoms with Crippen molar-refractivity contribution in [3.8, 4) is 0 Å². The van der Waals surface area contributed by atoms with E-state index in [2.05, 4.69) is 21.2 Å². The number of furan rings is 1. The maximum Gasteiger partial charge on any atom is 0.326 e. The van der Waals surface area contributed by atoms with Crippen LogP contribution < -0.4 is 5.32 Å². The molecule has 1 amide bonds. The van der Waals surface area contributed by atoms with E-state index in [9.17, 15) is 14.4 Å². The zero-order valence-electron chi connectivity index (χ0n) is 8.34. The number of hydrogen-bond donors (Lipinski definition) is 3. The third-order valence-electron chi connectivity index (χ3n) is 1.84. The summed E-state index contributed by atoms with van der Waals surface area (Å²) < 4.78 is 4.95. The van der Waals surface area contributed by atoms with Gasteiger partial charge in [-0.05, 0) is 22.0 Å². The van der Waals surface area contributed by atoms with E-state index < -0.39 is 30.3 Å². The van der Waals surface area contributed by atoms with Gasteiger partial charge in [-0.3, -0.25) is 9.59 Å². The highest BCUT2D eigenvalue weighted by atomic mass is 79.9. The van der Waals surface area contributed by atoms with Gasteiger partial charge < -0.3 is 19.9 Å². The first kappa shape index (κ1) is 13.2. The van der Waals surface area contributed by atoms with Gasteiger partial charge in [0.05, 0.1) is 18.2 Å². The van der Waals surface area contributed by atoms with E-state index in [1.54, 1.807) is 0 Å². The third kappa shape index (κ3) is 3.59. The summed E-state index contributed by atoms with van der Waals surface area (Å²) in [5, 5.41) is 19.3. The Morgan fingerprint density at radius 2 is 2.06 bits per heavy atom. The Morgan fingerprint density at radius 3 is 2.47 bits per heavy atom. The van der Waals surface area contributed by atoms with Crippen molar-refractivity contribution in [1.82, 2.24) is 5.32 Å². The number of carboxylic acids is 2. The van der Waals surface area contributed by atoms with E-state index in [0.717, 1.165) is 0 Å². The number of aliphatic carboxylic acids is 2. The second-order valence-corrected chi connectivity index (χ2v) is 3.79. The second-order valence-electron chi connectivity index (χ2n) is 3.07. The summed E-state index contributed by atoms with van der Waals surface area (Å²) in [7, 11) is 0. The van der Waals surface area contributed by atoms with Crippen LogP contribution in [0.5, 0.6) is 0 Å². The highest BCUT2D eigenvalue weighted by Crippen LogP contribution is 2.17. The molecule has 0 saturated carbocycles. The van der Waals surface area contributed by atoms with Crippen molar-refractivity contribution < 1.29 is 29.0 Å². The standard InChI is InChI=1S/C9H8BrNO6/c10-7-4(1-2-17-7)8(14)11-5(9(15)16)3-6(12)13/h1-2,5H,3H2,(H,11,14)(H,12,13)(H,15,16). The summed E-state index contributed by atoms with van der Waals surface area (Å²) >= 11 is 2.95. The van der Waals surface area contributed by atoms with Gasteiger partial charge in [0.25, 0.3) is 5.91 Å². The van der Waals surface area contributed by atoms with Crippen molar-refractivity contribution in [2.24, 2.45) is 0 Å². The molecular formula is C9H8BrNO6. The summed E-state index contributed by atoms with van der Waals surface area (Å²) in [4.78, 5) is 32.7. The number of hydrogen-bond acceptors (Lipinski definition) is 4. The van der Waals surface area contributed by atoms with Gasteiger partial charge in [0, 0.05) is 0 Å². The molecule has 1 atom stereocenters.